The van der Waals surface area contributed by atoms with Gasteiger partial charge in [-0.05, 0) is 24.2 Å². The summed E-state index contributed by atoms with van der Waals surface area (Å²) in [5.74, 6) is 0.747. The lowest BCUT2D eigenvalue weighted by Gasteiger charge is -2.29. The number of hydrogen-bond acceptors (Lipinski definition) is 2. The van der Waals surface area contributed by atoms with E-state index in [2.05, 4.69) is 33.0 Å². The fraction of sp³-hybridized carbons (Fsp3) is 0.933. The normalized spacial score (nSPS) is 26.7. The quantitative estimate of drug-likeness (QED) is 0.811. The number of carbonyl (C=O) groups is 1. The molecule has 106 valence electrons. The molecule has 1 rings (SSSR count). The molecule has 3 heteroatoms. The third-order valence-electron chi connectivity index (χ3n) is 4.40. The maximum Gasteiger partial charge on any atom is 0.220 e. The Morgan fingerprint density at radius 2 is 1.94 bits per heavy atom. The molecule has 3 atom stereocenters. The van der Waals surface area contributed by atoms with Gasteiger partial charge in [-0.25, -0.2) is 0 Å². The largest absolute Gasteiger partial charge is 0.393 e. The van der Waals surface area contributed by atoms with Gasteiger partial charge < -0.3 is 10.4 Å². The minimum atomic E-state index is -0.223. The smallest absolute Gasteiger partial charge is 0.220 e. The van der Waals surface area contributed by atoms with E-state index in [1.54, 1.807) is 0 Å². The molecule has 0 aromatic rings. The van der Waals surface area contributed by atoms with Crippen LogP contribution in [0.4, 0.5) is 0 Å². The molecule has 1 saturated carbocycles. The van der Waals surface area contributed by atoms with Crippen molar-refractivity contribution < 1.29 is 9.90 Å². The van der Waals surface area contributed by atoms with E-state index in [1.807, 2.05) is 0 Å². The molecule has 0 heterocycles. The fourth-order valence-corrected chi connectivity index (χ4v) is 2.33. The van der Waals surface area contributed by atoms with Gasteiger partial charge in [0.05, 0.1) is 6.10 Å². The number of nitrogens with one attached hydrogen (secondary N) is 1. The van der Waals surface area contributed by atoms with Crippen molar-refractivity contribution in [1.29, 1.82) is 0 Å². The Labute approximate surface area is 111 Å². The van der Waals surface area contributed by atoms with Gasteiger partial charge >= 0.3 is 0 Å². The predicted octanol–water partition coefficient (Wildman–Crippen LogP) is 2.73. The Balaban J connectivity index is 2.28. The van der Waals surface area contributed by atoms with Gasteiger partial charge in [0, 0.05) is 18.9 Å². The van der Waals surface area contributed by atoms with E-state index in [9.17, 15) is 9.90 Å². The minimum Gasteiger partial charge on any atom is -0.393 e. The van der Waals surface area contributed by atoms with Crippen LogP contribution in [0.15, 0.2) is 0 Å². The zero-order valence-electron chi connectivity index (χ0n) is 12.3. The molecule has 0 aromatic carbocycles. The van der Waals surface area contributed by atoms with Crippen LogP contribution in [-0.4, -0.2) is 23.7 Å². The van der Waals surface area contributed by atoms with E-state index in [0.717, 1.165) is 19.3 Å². The minimum absolute atomic E-state index is 0.121. The average Bonchev–Trinajstić information content (AvgIpc) is 2.26. The molecule has 0 radical (unpaired) electrons. The maximum atomic E-state index is 11.9. The van der Waals surface area contributed by atoms with Crippen LogP contribution in [0.2, 0.25) is 0 Å². The Bertz CT molecular complexity index is 270. The second-order valence-corrected chi connectivity index (χ2v) is 6.89. The standard InChI is InChI=1S/C15H29NO2/c1-11(15(2,3)4)9-14(18)16-10-12-7-5-6-8-13(12)17/h11-13,17H,5-10H2,1-4H3,(H,16,18). The van der Waals surface area contributed by atoms with Crippen LogP contribution in [0, 0.1) is 17.3 Å². The van der Waals surface area contributed by atoms with Gasteiger partial charge in [0.1, 0.15) is 0 Å². The van der Waals surface area contributed by atoms with E-state index in [-0.39, 0.29) is 23.3 Å². The molecule has 0 spiro atoms. The number of carbonyl (C=O) groups excluding carboxylic acids is 1. The molecule has 0 bridgehead atoms. The van der Waals surface area contributed by atoms with Crippen molar-refractivity contribution in [2.75, 3.05) is 6.54 Å². The molecule has 1 fully saturated rings. The molecule has 0 saturated heterocycles. The second-order valence-electron chi connectivity index (χ2n) is 6.89. The van der Waals surface area contributed by atoms with Crippen LogP contribution >= 0.6 is 0 Å². The SMILES string of the molecule is CC(CC(=O)NCC1CCCCC1O)C(C)(C)C. The number of amides is 1. The van der Waals surface area contributed by atoms with E-state index >= 15 is 0 Å². The van der Waals surface area contributed by atoms with Crippen molar-refractivity contribution in [2.45, 2.75) is 65.9 Å². The highest BCUT2D eigenvalue weighted by Crippen LogP contribution is 2.28. The summed E-state index contributed by atoms with van der Waals surface area (Å²) < 4.78 is 0. The van der Waals surface area contributed by atoms with Crippen molar-refractivity contribution in [3.63, 3.8) is 0 Å². The molecule has 0 aliphatic heterocycles. The number of hydrogen-bond donors (Lipinski definition) is 2. The van der Waals surface area contributed by atoms with Gasteiger partial charge in [0.25, 0.3) is 0 Å². The highest BCUT2D eigenvalue weighted by molar-refractivity contribution is 5.76. The molecule has 1 aliphatic rings. The van der Waals surface area contributed by atoms with Crippen molar-refractivity contribution in [2.24, 2.45) is 17.3 Å². The highest BCUT2D eigenvalue weighted by atomic mass is 16.3. The molecule has 1 amide bonds. The summed E-state index contributed by atoms with van der Waals surface area (Å²) >= 11 is 0. The summed E-state index contributed by atoms with van der Waals surface area (Å²) in [5, 5.41) is 12.8. The van der Waals surface area contributed by atoms with Crippen LogP contribution in [0.5, 0.6) is 0 Å². The lowest BCUT2D eigenvalue weighted by atomic mass is 9.80. The number of aliphatic hydroxyl groups is 1. The van der Waals surface area contributed by atoms with Gasteiger partial charge in [0.15, 0.2) is 0 Å². The molecule has 0 aromatic heterocycles. The summed E-state index contributed by atoms with van der Waals surface area (Å²) in [6.07, 6.45) is 4.57. The van der Waals surface area contributed by atoms with Crippen molar-refractivity contribution in [1.82, 2.24) is 5.32 Å². The summed E-state index contributed by atoms with van der Waals surface area (Å²) in [4.78, 5) is 11.9. The zero-order chi connectivity index (χ0) is 13.8. The van der Waals surface area contributed by atoms with Gasteiger partial charge in [-0.2, -0.15) is 0 Å². The van der Waals surface area contributed by atoms with E-state index in [4.69, 9.17) is 0 Å². The molecule has 1 aliphatic carbocycles. The molecular formula is C15H29NO2. The number of rotatable bonds is 4. The van der Waals surface area contributed by atoms with Crippen LogP contribution in [0.25, 0.3) is 0 Å². The first kappa shape index (κ1) is 15.5. The Morgan fingerprint density at radius 1 is 1.33 bits per heavy atom. The Kier molecular flexibility index (Phi) is 5.64. The molecule has 3 unspecified atom stereocenters. The van der Waals surface area contributed by atoms with Gasteiger partial charge in [-0.1, -0.05) is 40.5 Å². The predicted molar refractivity (Wildman–Crippen MR) is 74.2 cm³/mol. The number of aliphatic hydroxyl groups excluding tert-OH is 1. The van der Waals surface area contributed by atoms with Crippen LogP contribution in [0.1, 0.15) is 59.8 Å². The summed E-state index contributed by atoms with van der Waals surface area (Å²) in [6.45, 7) is 9.24. The Hall–Kier alpha value is -0.570. The van der Waals surface area contributed by atoms with E-state index < -0.39 is 0 Å². The summed E-state index contributed by atoms with van der Waals surface area (Å²) in [5.41, 5.74) is 0.168. The van der Waals surface area contributed by atoms with Crippen LogP contribution in [0.3, 0.4) is 0 Å². The lowest BCUT2D eigenvalue weighted by molar-refractivity contribution is -0.123. The van der Waals surface area contributed by atoms with Crippen LogP contribution < -0.4 is 5.32 Å². The van der Waals surface area contributed by atoms with E-state index in [0.29, 0.717) is 18.9 Å². The highest BCUT2D eigenvalue weighted by Gasteiger charge is 2.25. The molecule has 3 nitrogen and oxygen atoms in total. The van der Waals surface area contributed by atoms with Gasteiger partial charge in [-0.15, -0.1) is 0 Å². The second kappa shape index (κ2) is 6.55. The zero-order valence-corrected chi connectivity index (χ0v) is 12.3. The average molecular weight is 255 g/mol. The summed E-state index contributed by atoms with van der Waals surface area (Å²) in [6, 6.07) is 0. The molecule has 2 N–H and O–H groups in total. The van der Waals surface area contributed by atoms with Gasteiger partial charge in [0.2, 0.25) is 5.91 Å². The third kappa shape index (κ3) is 4.97. The topological polar surface area (TPSA) is 49.3 Å². The van der Waals surface area contributed by atoms with Crippen molar-refractivity contribution >= 4 is 5.91 Å². The lowest BCUT2D eigenvalue weighted by Crippen LogP contribution is -2.37. The molecular weight excluding hydrogens is 226 g/mol. The monoisotopic (exact) mass is 255 g/mol. The Morgan fingerprint density at radius 3 is 2.50 bits per heavy atom. The first-order valence-electron chi connectivity index (χ1n) is 7.25. The maximum absolute atomic E-state index is 11.9. The fourth-order valence-electron chi connectivity index (χ4n) is 2.33. The van der Waals surface area contributed by atoms with E-state index in [1.165, 1.54) is 6.42 Å². The van der Waals surface area contributed by atoms with Gasteiger partial charge in [-0.3, -0.25) is 4.79 Å². The van der Waals surface area contributed by atoms with Crippen LogP contribution in [-0.2, 0) is 4.79 Å². The third-order valence-corrected chi connectivity index (χ3v) is 4.40. The first-order chi connectivity index (χ1) is 8.30. The summed E-state index contributed by atoms with van der Waals surface area (Å²) in [7, 11) is 0. The molecule has 18 heavy (non-hydrogen) atoms. The van der Waals surface area contributed by atoms with Crippen molar-refractivity contribution in [3.8, 4) is 0 Å². The first-order valence-corrected chi connectivity index (χ1v) is 7.25. The van der Waals surface area contributed by atoms with Crippen molar-refractivity contribution in [3.05, 3.63) is 0 Å².